The second-order valence-corrected chi connectivity index (χ2v) is 2.50. The first-order valence-electron chi connectivity index (χ1n) is 3.43. The van der Waals surface area contributed by atoms with E-state index in [1.54, 1.807) is 0 Å². The summed E-state index contributed by atoms with van der Waals surface area (Å²) in [5.41, 5.74) is 3.86. The molecule has 1 aromatic heterocycles. The highest BCUT2D eigenvalue weighted by Crippen LogP contribution is 2.30. The third kappa shape index (κ3) is 2.15. The van der Waals surface area contributed by atoms with Crippen molar-refractivity contribution < 1.29 is 23.1 Å². The summed E-state index contributed by atoms with van der Waals surface area (Å²) in [6.45, 7) is -0.869. The van der Waals surface area contributed by atoms with Crippen LogP contribution >= 0.6 is 0 Å². The number of hydrogen-bond donors (Lipinski definition) is 2. The van der Waals surface area contributed by atoms with Crippen molar-refractivity contribution in [2.45, 2.75) is 12.7 Å². The minimum Gasteiger partial charge on any atom is -0.480 e. The summed E-state index contributed by atoms with van der Waals surface area (Å²) in [4.78, 5) is 10.2. The molecule has 0 atom stereocenters. The summed E-state index contributed by atoms with van der Waals surface area (Å²) in [7, 11) is 0. The highest BCUT2D eigenvalue weighted by atomic mass is 19.4. The summed E-state index contributed by atoms with van der Waals surface area (Å²) in [5, 5.41) is 11.5. The van der Waals surface area contributed by atoms with E-state index in [1.165, 1.54) is 0 Å². The molecule has 14 heavy (non-hydrogen) atoms. The van der Waals surface area contributed by atoms with Crippen LogP contribution in [0.25, 0.3) is 0 Å². The number of carboxylic acids is 1. The zero-order valence-corrected chi connectivity index (χ0v) is 6.75. The molecule has 0 aliphatic rings. The SMILES string of the molecule is Nc1cc(C(F)(F)F)n(CC(=O)O)n1. The number of aromatic nitrogens is 2. The first-order valence-corrected chi connectivity index (χ1v) is 3.43. The maximum atomic E-state index is 12.2. The molecule has 0 radical (unpaired) electrons. The van der Waals surface area contributed by atoms with Crippen LogP contribution in [0.2, 0.25) is 0 Å². The van der Waals surface area contributed by atoms with Gasteiger partial charge in [0.05, 0.1) is 0 Å². The second kappa shape index (κ2) is 3.20. The molecular weight excluding hydrogens is 203 g/mol. The van der Waals surface area contributed by atoms with Gasteiger partial charge in [0.25, 0.3) is 0 Å². The Bertz CT molecular complexity index is 358. The number of halogens is 3. The smallest absolute Gasteiger partial charge is 0.433 e. The fourth-order valence-electron chi connectivity index (χ4n) is 0.914. The lowest BCUT2D eigenvalue weighted by Gasteiger charge is -2.07. The average Bonchev–Trinajstić information content (AvgIpc) is 2.28. The number of nitrogens with zero attached hydrogens (tertiary/aromatic N) is 2. The van der Waals surface area contributed by atoms with E-state index in [-0.39, 0.29) is 5.82 Å². The molecule has 0 unspecified atom stereocenters. The number of nitrogen functional groups attached to an aromatic ring is 1. The van der Waals surface area contributed by atoms with Crippen LogP contribution < -0.4 is 5.73 Å². The van der Waals surface area contributed by atoms with E-state index < -0.39 is 24.4 Å². The quantitative estimate of drug-likeness (QED) is 0.745. The Balaban J connectivity index is 3.09. The molecule has 0 saturated heterocycles. The van der Waals surface area contributed by atoms with Crippen LogP contribution in [0, 0.1) is 0 Å². The van der Waals surface area contributed by atoms with E-state index in [0.717, 1.165) is 0 Å². The highest BCUT2D eigenvalue weighted by molar-refractivity contribution is 5.66. The molecule has 78 valence electrons. The first kappa shape index (κ1) is 10.4. The van der Waals surface area contributed by atoms with Crippen LogP contribution in [0.1, 0.15) is 5.69 Å². The van der Waals surface area contributed by atoms with Crippen molar-refractivity contribution in [2.75, 3.05) is 5.73 Å². The fourth-order valence-corrected chi connectivity index (χ4v) is 0.914. The number of carboxylic acid groups (broad SMARTS) is 1. The van der Waals surface area contributed by atoms with Gasteiger partial charge in [-0.15, -0.1) is 0 Å². The molecule has 1 heterocycles. The normalized spacial score (nSPS) is 11.6. The third-order valence-corrected chi connectivity index (χ3v) is 1.37. The predicted molar refractivity (Wildman–Crippen MR) is 39.3 cm³/mol. The molecule has 0 aliphatic heterocycles. The molecule has 0 aromatic carbocycles. The molecule has 3 N–H and O–H groups in total. The Hall–Kier alpha value is -1.73. The number of nitrogens with two attached hydrogens (primary N) is 1. The van der Waals surface area contributed by atoms with Gasteiger partial charge >= 0.3 is 12.1 Å². The number of rotatable bonds is 2. The summed E-state index contributed by atoms with van der Waals surface area (Å²) in [5.74, 6) is -1.78. The number of hydrogen-bond acceptors (Lipinski definition) is 3. The third-order valence-electron chi connectivity index (χ3n) is 1.37. The molecular formula is C6H6F3N3O2. The van der Waals surface area contributed by atoms with Crippen LogP contribution in [-0.4, -0.2) is 20.9 Å². The van der Waals surface area contributed by atoms with Gasteiger partial charge in [0.1, 0.15) is 18.1 Å². The van der Waals surface area contributed by atoms with E-state index in [2.05, 4.69) is 5.10 Å². The molecule has 0 bridgehead atoms. The van der Waals surface area contributed by atoms with E-state index >= 15 is 0 Å². The minimum absolute atomic E-state index is 0.303. The zero-order valence-electron chi connectivity index (χ0n) is 6.75. The Morgan fingerprint density at radius 2 is 2.21 bits per heavy atom. The Morgan fingerprint density at radius 3 is 2.64 bits per heavy atom. The summed E-state index contributed by atoms with van der Waals surface area (Å²) in [6, 6.07) is 0.586. The largest absolute Gasteiger partial charge is 0.480 e. The monoisotopic (exact) mass is 209 g/mol. The summed E-state index contributed by atoms with van der Waals surface area (Å²) >= 11 is 0. The van der Waals surface area contributed by atoms with Crippen molar-refractivity contribution in [3.63, 3.8) is 0 Å². The number of carbonyl (C=O) groups is 1. The van der Waals surface area contributed by atoms with Crippen LogP contribution in [0.4, 0.5) is 19.0 Å². The van der Waals surface area contributed by atoms with Gasteiger partial charge in [0.2, 0.25) is 0 Å². The predicted octanol–water partition coefficient (Wildman–Crippen LogP) is 0.569. The first-order chi connectivity index (χ1) is 6.30. The van der Waals surface area contributed by atoms with Crippen molar-refractivity contribution in [1.29, 1.82) is 0 Å². The van der Waals surface area contributed by atoms with Crippen LogP contribution in [0.5, 0.6) is 0 Å². The van der Waals surface area contributed by atoms with E-state index in [9.17, 15) is 18.0 Å². The van der Waals surface area contributed by atoms with Gasteiger partial charge in [-0.05, 0) is 0 Å². The lowest BCUT2D eigenvalue weighted by atomic mass is 10.4. The maximum absolute atomic E-state index is 12.2. The number of anilines is 1. The van der Waals surface area contributed by atoms with Gasteiger partial charge < -0.3 is 10.8 Å². The van der Waals surface area contributed by atoms with Crippen LogP contribution in [0.15, 0.2) is 6.07 Å². The molecule has 0 fully saturated rings. The summed E-state index contributed by atoms with van der Waals surface area (Å²) < 4.78 is 36.9. The summed E-state index contributed by atoms with van der Waals surface area (Å²) in [6.07, 6.45) is -4.65. The van der Waals surface area contributed by atoms with Crippen molar-refractivity contribution >= 4 is 11.8 Å². The minimum atomic E-state index is -4.65. The average molecular weight is 209 g/mol. The number of alkyl halides is 3. The van der Waals surface area contributed by atoms with E-state index in [4.69, 9.17) is 10.8 Å². The van der Waals surface area contributed by atoms with Gasteiger partial charge in [-0.2, -0.15) is 18.3 Å². The molecule has 0 spiro atoms. The van der Waals surface area contributed by atoms with Gasteiger partial charge in [0.15, 0.2) is 0 Å². The van der Waals surface area contributed by atoms with Crippen molar-refractivity contribution in [2.24, 2.45) is 0 Å². The molecule has 0 saturated carbocycles. The molecule has 0 aliphatic carbocycles. The number of aliphatic carboxylic acids is 1. The molecule has 1 rings (SSSR count). The Morgan fingerprint density at radius 1 is 1.64 bits per heavy atom. The van der Waals surface area contributed by atoms with E-state index in [0.29, 0.717) is 10.7 Å². The van der Waals surface area contributed by atoms with Crippen LogP contribution in [-0.2, 0) is 17.5 Å². The topological polar surface area (TPSA) is 81.1 Å². The van der Waals surface area contributed by atoms with Gasteiger partial charge in [-0.25, -0.2) is 4.68 Å². The maximum Gasteiger partial charge on any atom is 0.433 e. The van der Waals surface area contributed by atoms with Crippen LogP contribution in [0.3, 0.4) is 0 Å². The molecule has 5 nitrogen and oxygen atoms in total. The van der Waals surface area contributed by atoms with Gasteiger partial charge in [0, 0.05) is 6.07 Å². The lowest BCUT2D eigenvalue weighted by molar-refractivity contribution is -0.147. The second-order valence-electron chi connectivity index (χ2n) is 2.50. The molecule has 1 aromatic rings. The van der Waals surface area contributed by atoms with Gasteiger partial charge in [-0.1, -0.05) is 0 Å². The van der Waals surface area contributed by atoms with E-state index in [1.807, 2.05) is 0 Å². The van der Waals surface area contributed by atoms with Crippen molar-refractivity contribution in [3.05, 3.63) is 11.8 Å². The Labute approximate surface area is 75.9 Å². The lowest BCUT2D eigenvalue weighted by Crippen LogP contribution is -2.18. The molecule has 0 amide bonds. The van der Waals surface area contributed by atoms with Crippen molar-refractivity contribution in [1.82, 2.24) is 9.78 Å². The fraction of sp³-hybridized carbons (Fsp3) is 0.333. The zero-order chi connectivity index (χ0) is 10.9. The van der Waals surface area contributed by atoms with Gasteiger partial charge in [-0.3, -0.25) is 4.79 Å². The molecule has 8 heteroatoms. The van der Waals surface area contributed by atoms with Crippen molar-refractivity contribution in [3.8, 4) is 0 Å². The Kier molecular flexibility index (Phi) is 2.37. The highest BCUT2D eigenvalue weighted by Gasteiger charge is 2.35. The standard InChI is InChI=1S/C6H6F3N3O2/c7-6(8,9)3-1-4(10)11-12(3)2-5(13)14/h1H,2H2,(H2,10,11)(H,13,14).